The van der Waals surface area contributed by atoms with Gasteiger partial charge in [-0.15, -0.1) is 11.3 Å². The first-order valence-corrected chi connectivity index (χ1v) is 7.43. The Kier molecular flexibility index (Phi) is 4.56. The average Bonchev–Trinajstić information content (AvgIpc) is 2.67. The van der Waals surface area contributed by atoms with Crippen LogP contribution in [-0.2, 0) is 0 Å². The van der Waals surface area contributed by atoms with E-state index < -0.39 is 0 Å². The highest BCUT2D eigenvalue weighted by Gasteiger charge is 2.16. The van der Waals surface area contributed by atoms with Gasteiger partial charge in [0.2, 0.25) is 0 Å². The predicted octanol–water partition coefficient (Wildman–Crippen LogP) is 4.87. The summed E-state index contributed by atoms with van der Waals surface area (Å²) in [6.45, 7) is 0. The second-order valence-corrected chi connectivity index (χ2v) is 6.79. The maximum absolute atomic E-state index is 6.19. The van der Waals surface area contributed by atoms with Crippen LogP contribution in [0, 0.1) is 0 Å². The van der Waals surface area contributed by atoms with Crippen molar-refractivity contribution in [3.05, 3.63) is 48.5 Å². The van der Waals surface area contributed by atoms with E-state index in [4.69, 9.17) is 33.7 Å². The molecule has 0 bridgehead atoms. The van der Waals surface area contributed by atoms with Crippen LogP contribution >= 0.6 is 50.5 Å². The van der Waals surface area contributed by atoms with Crippen molar-refractivity contribution in [3.8, 4) is 5.75 Å². The second-order valence-electron chi connectivity index (χ2n) is 3.65. The van der Waals surface area contributed by atoms with Crippen LogP contribution in [0.2, 0.25) is 8.67 Å². The number of hydrogen-bond donors (Lipinski definition) is 1. The molecule has 2 nitrogen and oxygen atoms in total. The Morgan fingerprint density at radius 3 is 2.56 bits per heavy atom. The van der Waals surface area contributed by atoms with Crippen LogP contribution in [0.5, 0.6) is 5.75 Å². The fourth-order valence-electron chi connectivity index (χ4n) is 1.62. The van der Waals surface area contributed by atoms with Crippen LogP contribution < -0.4 is 10.5 Å². The fourth-order valence-corrected chi connectivity index (χ4v) is 3.73. The zero-order valence-corrected chi connectivity index (χ0v) is 13.3. The van der Waals surface area contributed by atoms with Crippen LogP contribution in [0.3, 0.4) is 0 Å². The molecule has 1 unspecified atom stereocenters. The molecule has 0 saturated carbocycles. The lowest BCUT2D eigenvalue weighted by molar-refractivity contribution is 0.412. The molecule has 0 fully saturated rings. The van der Waals surface area contributed by atoms with Crippen molar-refractivity contribution >= 4 is 50.5 Å². The SMILES string of the molecule is COc1ccc(C(N)c2cc(Cl)sc2Cl)cc1Br. The van der Waals surface area contributed by atoms with Crippen molar-refractivity contribution in [1.29, 1.82) is 0 Å². The summed E-state index contributed by atoms with van der Waals surface area (Å²) in [6, 6.07) is 7.20. The van der Waals surface area contributed by atoms with E-state index in [1.165, 1.54) is 11.3 Å². The van der Waals surface area contributed by atoms with Gasteiger partial charge in [-0.25, -0.2) is 0 Å². The maximum Gasteiger partial charge on any atom is 0.133 e. The first-order valence-electron chi connectivity index (χ1n) is 5.06. The standard InChI is InChI=1S/C12H10BrCl2NOS/c1-17-9-3-2-6(4-8(9)13)11(16)7-5-10(14)18-12(7)15/h2-5,11H,16H2,1H3. The second kappa shape index (κ2) is 5.80. The Morgan fingerprint density at radius 1 is 1.33 bits per heavy atom. The number of rotatable bonds is 3. The summed E-state index contributed by atoms with van der Waals surface area (Å²) in [6.07, 6.45) is 0. The van der Waals surface area contributed by atoms with Gasteiger partial charge < -0.3 is 10.5 Å². The molecule has 1 heterocycles. The molecule has 96 valence electrons. The van der Waals surface area contributed by atoms with Gasteiger partial charge in [-0.05, 0) is 39.7 Å². The third-order valence-electron chi connectivity index (χ3n) is 2.55. The Balaban J connectivity index is 2.37. The van der Waals surface area contributed by atoms with Crippen molar-refractivity contribution in [3.63, 3.8) is 0 Å². The van der Waals surface area contributed by atoms with E-state index in [9.17, 15) is 0 Å². The maximum atomic E-state index is 6.19. The summed E-state index contributed by atoms with van der Waals surface area (Å²) in [4.78, 5) is 0. The molecule has 2 aromatic rings. The molecule has 0 aliphatic carbocycles. The lowest BCUT2D eigenvalue weighted by Gasteiger charge is -2.13. The van der Waals surface area contributed by atoms with Gasteiger partial charge in [0.25, 0.3) is 0 Å². The molecular formula is C12H10BrCl2NOS. The highest BCUT2D eigenvalue weighted by atomic mass is 79.9. The van der Waals surface area contributed by atoms with Crippen LogP contribution in [0.4, 0.5) is 0 Å². The fraction of sp³-hybridized carbons (Fsp3) is 0.167. The summed E-state index contributed by atoms with van der Waals surface area (Å²) in [5, 5.41) is 0. The van der Waals surface area contributed by atoms with Crippen LogP contribution in [0.15, 0.2) is 28.7 Å². The molecule has 6 heteroatoms. The highest BCUT2D eigenvalue weighted by Crippen LogP contribution is 2.37. The molecule has 1 aromatic heterocycles. The molecule has 2 rings (SSSR count). The van der Waals surface area contributed by atoms with E-state index in [0.717, 1.165) is 21.3 Å². The molecule has 0 amide bonds. The van der Waals surface area contributed by atoms with Crippen molar-refractivity contribution in [2.75, 3.05) is 7.11 Å². The zero-order valence-electron chi connectivity index (χ0n) is 9.41. The van der Waals surface area contributed by atoms with E-state index in [1.54, 1.807) is 13.2 Å². The van der Waals surface area contributed by atoms with Crippen LogP contribution in [-0.4, -0.2) is 7.11 Å². The number of nitrogens with two attached hydrogens (primary N) is 1. The molecular weight excluding hydrogens is 357 g/mol. The van der Waals surface area contributed by atoms with Gasteiger partial charge in [0, 0.05) is 5.56 Å². The smallest absolute Gasteiger partial charge is 0.133 e. The zero-order chi connectivity index (χ0) is 13.3. The minimum Gasteiger partial charge on any atom is -0.496 e. The molecule has 1 aromatic carbocycles. The minimum absolute atomic E-state index is 0.302. The molecule has 0 spiro atoms. The van der Waals surface area contributed by atoms with Gasteiger partial charge in [-0.1, -0.05) is 29.3 Å². The minimum atomic E-state index is -0.302. The highest BCUT2D eigenvalue weighted by molar-refractivity contribution is 9.10. The summed E-state index contributed by atoms with van der Waals surface area (Å²) >= 11 is 16.8. The van der Waals surface area contributed by atoms with Crippen molar-refractivity contribution < 1.29 is 4.74 Å². The first-order chi connectivity index (χ1) is 8.52. The van der Waals surface area contributed by atoms with E-state index in [1.807, 2.05) is 18.2 Å². The Labute approximate surface area is 128 Å². The molecule has 18 heavy (non-hydrogen) atoms. The van der Waals surface area contributed by atoms with Gasteiger partial charge in [-0.3, -0.25) is 0 Å². The van der Waals surface area contributed by atoms with Gasteiger partial charge in [-0.2, -0.15) is 0 Å². The molecule has 0 radical (unpaired) electrons. The van der Waals surface area contributed by atoms with E-state index in [0.29, 0.717) is 8.67 Å². The number of halogens is 3. The average molecular weight is 367 g/mol. The van der Waals surface area contributed by atoms with Crippen molar-refractivity contribution in [1.82, 2.24) is 0 Å². The third-order valence-corrected chi connectivity index (χ3v) is 4.69. The molecule has 2 N–H and O–H groups in total. The monoisotopic (exact) mass is 365 g/mol. The van der Waals surface area contributed by atoms with E-state index >= 15 is 0 Å². The van der Waals surface area contributed by atoms with Crippen molar-refractivity contribution in [2.45, 2.75) is 6.04 Å². The summed E-state index contributed by atoms with van der Waals surface area (Å²) in [7, 11) is 1.62. The Hall–Kier alpha value is -0.260. The van der Waals surface area contributed by atoms with Gasteiger partial charge in [0.15, 0.2) is 0 Å². The number of benzene rings is 1. The third kappa shape index (κ3) is 2.83. The number of ether oxygens (including phenoxy) is 1. The molecule has 0 aliphatic heterocycles. The summed E-state index contributed by atoms with van der Waals surface area (Å²) in [5.41, 5.74) is 7.97. The Bertz CT molecular complexity index is 573. The molecule has 1 atom stereocenters. The number of thiophene rings is 1. The summed E-state index contributed by atoms with van der Waals surface area (Å²) in [5.74, 6) is 0.764. The Morgan fingerprint density at radius 2 is 2.06 bits per heavy atom. The lowest BCUT2D eigenvalue weighted by Crippen LogP contribution is -2.11. The van der Waals surface area contributed by atoms with Crippen LogP contribution in [0.1, 0.15) is 17.2 Å². The molecule has 0 aliphatic rings. The topological polar surface area (TPSA) is 35.2 Å². The first kappa shape index (κ1) is 14.2. The summed E-state index contributed by atoms with van der Waals surface area (Å²) < 4.78 is 7.30. The molecule has 0 saturated heterocycles. The predicted molar refractivity (Wildman–Crippen MR) is 81.1 cm³/mol. The van der Waals surface area contributed by atoms with Gasteiger partial charge in [0.05, 0.1) is 26.3 Å². The van der Waals surface area contributed by atoms with E-state index in [2.05, 4.69) is 15.9 Å². The largest absolute Gasteiger partial charge is 0.496 e. The van der Waals surface area contributed by atoms with Crippen molar-refractivity contribution in [2.24, 2.45) is 5.73 Å². The number of methoxy groups -OCH3 is 1. The van der Waals surface area contributed by atoms with Gasteiger partial charge in [0.1, 0.15) is 5.75 Å². The quantitative estimate of drug-likeness (QED) is 0.840. The number of hydrogen-bond acceptors (Lipinski definition) is 3. The van der Waals surface area contributed by atoms with Gasteiger partial charge >= 0.3 is 0 Å². The lowest BCUT2D eigenvalue weighted by atomic mass is 10.0. The normalized spacial score (nSPS) is 12.5. The van der Waals surface area contributed by atoms with Crippen LogP contribution in [0.25, 0.3) is 0 Å². The van der Waals surface area contributed by atoms with E-state index in [-0.39, 0.29) is 6.04 Å².